The van der Waals surface area contributed by atoms with E-state index in [2.05, 4.69) is 31.6 Å². The standard InChI is InChI=1S/C8H20GeN/c1-5-9(6-2)10(7-3)8-4/h5-8H2,1-4H3. The predicted octanol–water partition coefficient (Wildman–Crippen LogP) is 2.36. The van der Waals surface area contributed by atoms with Crippen LogP contribution in [0.4, 0.5) is 0 Å². The molecule has 0 spiro atoms. The first-order valence-electron chi connectivity index (χ1n) is 4.39. The van der Waals surface area contributed by atoms with Gasteiger partial charge in [0, 0.05) is 0 Å². The summed E-state index contributed by atoms with van der Waals surface area (Å²) in [7, 11) is 0. The van der Waals surface area contributed by atoms with Gasteiger partial charge in [0.2, 0.25) is 0 Å². The Bertz CT molecular complexity index is 57.7. The summed E-state index contributed by atoms with van der Waals surface area (Å²) < 4.78 is 2.69. The summed E-state index contributed by atoms with van der Waals surface area (Å²) in [5.41, 5.74) is 0. The molecule has 1 radical (unpaired) electrons. The molecule has 0 rings (SSSR count). The second kappa shape index (κ2) is 6.23. The van der Waals surface area contributed by atoms with Crippen LogP contribution in [0.3, 0.4) is 0 Å². The summed E-state index contributed by atoms with van der Waals surface area (Å²) in [5, 5.41) is 2.91. The molecule has 10 heavy (non-hydrogen) atoms. The Morgan fingerprint density at radius 3 is 1.40 bits per heavy atom. The first-order chi connectivity index (χ1) is 4.79. The Morgan fingerprint density at radius 1 is 0.900 bits per heavy atom. The molecule has 2 heteroatoms. The van der Waals surface area contributed by atoms with Crippen molar-refractivity contribution in [2.24, 2.45) is 0 Å². The summed E-state index contributed by atoms with van der Waals surface area (Å²) >= 11 is -0.731. The summed E-state index contributed by atoms with van der Waals surface area (Å²) in [4.78, 5) is 0. The molecule has 61 valence electrons. The maximum atomic E-state index is 2.69. The molecule has 0 saturated carbocycles. The third-order valence-corrected chi connectivity index (χ3v) is 8.66. The van der Waals surface area contributed by atoms with Crippen molar-refractivity contribution >= 4 is 14.6 Å². The van der Waals surface area contributed by atoms with E-state index in [0.29, 0.717) is 0 Å². The number of rotatable bonds is 5. The Kier molecular flexibility index (Phi) is 6.54. The van der Waals surface area contributed by atoms with Crippen LogP contribution in [0.5, 0.6) is 0 Å². The van der Waals surface area contributed by atoms with Gasteiger partial charge in [0.15, 0.2) is 0 Å². The zero-order valence-electron chi connectivity index (χ0n) is 7.78. The van der Waals surface area contributed by atoms with Crippen LogP contribution in [-0.2, 0) is 0 Å². The molecule has 1 nitrogen and oxygen atoms in total. The zero-order valence-corrected chi connectivity index (χ0v) is 9.87. The average molecular weight is 203 g/mol. The van der Waals surface area contributed by atoms with Crippen molar-refractivity contribution in [1.29, 1.82) is 0 Å². The van der Waals surface area contributed by atoms with Gasteiger partial charge in [-0.3, -0.25) is 0 Å². The minimum absolute atomic E-state index is 0.731. The molecule has 0 aromatic rings. The molecule has 0 aliphatic carbocycles. The van der Waals surface area contributed by atoms with E-state index >= 15 is 0 Å². The predicted molar refractivity (Wildman–Crippen MR) is 49.6 cm³/mol. The molecule has 0 aromatic carbocycles. The van der Waals surface area contributed by atoms with E-state index in [0.717, 1.165) is 0 Å². The molecule has 0 aliphatic heterocycles. The van der Waals surface area contributed by atoms with Crippen LogP contribution in [-0.4, -0.2) is 31.5 Å². The second-order valence-corrected chi connectivity index (χ2v) is 9.12. The fourth-order valence-electron chi connectivity index (χ4n) is 1.37. The molecular weight excluding hydrogens is 183 g/mol. The molecule has 0 N–H and O–H groups in total. The molecule has 0 bridgehead atoms. The summed E-state index contributed by atoms with van der Waals surface area (Å²) in [6, 6.07) is 0. The van der Waals surface area contributed by atoms with Gasteiger partial charge in [-0.1, -0.05) is 0 Å². The quantitative estimate of drug-likeness (QED) is 0.619. The van der Waals surface area contributed by atoms with Gasteiger partial charge in [-0.05, 0) is 0 Å². The first-order valence-corrected chi connectivity index (χ1v) is 8.30. The van der Waals surface area contributed by atoms with Gasteiger partial charge in [0.05, 0.1) is 0 Å². The van der Waals surface area contributed by atoms with Crippen LogP contribution < -0.4 is 0 Å². The SMILES string of the molecule is CC[N](CC)[Ge]([CH2]C)[CH2]C. The Balaban J connectivity index is 3.70. The van der Waals surface area contributed by atoms with Crippen molar-refractivity contribution in [2.45, 2.75) is 38.2 Å². The van der Waals surface area contributed by atoms with Gasteiger partial charge >= 0.3 is 69.7 Å². The Morgan fingerprint density at radius 2 is 1.30 bits per heavy atom. The molecule has 0 atom stereocenters. The van der Waals surface area contributed by atoms with Crippen LogP contribution in [0.25, 0.3) is 0 Å². The molecule has 0 heterocycles. The first kappa shape index (κ1) is 10.5. The topological polar surface area (TPSA) is 3.24 Å². The van der Waals surface area contributed by atoms with Crippen LogP contribution in [0, 0.1) is 0 Å². The van der Waals surface area contributed by atoms with E-state index in [1.54, 1.807) is 0 Å². The van der Waals surface area contributed by atoms with Crippen LogP contribution in [0.2, 0.25) is 10.5 Å². The van der Waals surface area contributed by atoms with Crippen LogP contribution in [0.1, 0.15) is 27.7 Å². The van der Waals surface area contributed by atoms with E-state index in [4.69, 9.17) is 0 Å². The maximum absolute atomic E-state index is 2.69. The molecule has 0 amide bonds. The molecular formula is C8H20GeN. The van der Waals surface area contributed by atoms with E-state index in [1.807, 2.05) is 0 Å². The van der Waals surface area contributed by atoms with Gasteiger partial charge in [0.25, 0.3) is 0 Å². The number of nitrogens with zero attached hydrogens (tertiary/aromatic N) is 1. The second-order valence-electron chi connectivity index (χ2n) is 2.45. The summed E-state index contributed by atoms with van der Waals surface area (Å²) in [5.74, 6) is 0. The Labute approximate surface area is 70.1 Å². The average Bonchev–Trinajstić information content (AvgIpc) is 2.00. The van der Waals surface area contributed by atoms with Crippen molar-refractivity contribution in [3.05, 3.63) is 0 Å². The van der Waals surface area contributed by atoms with Crippen LogP contribution in [0.15, 0.2) is 0 Å². The molecule has 0 unspecified atom stereocenters. The fraction of sp³-hybridized carbons (Fsp3) is 1.00. The van der Waals surface area contributed by atoms with E-state index in [1.165, 1.54) is 23.6 Å². The van der Waals surface area contributed by atoms with Crippen molar-refractivity contribution < 1.29 is 0 Å². The third-order valence-electron chi connectivity index (χ3n) is 2.03. The Hall–Kier alpha value is 0.503. The normalized spacial score (nSPS) is 11.4. The molecule has 0 fully saturated rings. The van der Waals surface area contributed by atoms with Gasteiger partial charge < -0.3 is 0 Å². The van der Waals surface area contributed by atoms with Gasteiger partial charge in [-0.25, -0.2) is 0 Å². The van der Waals surface area contributed by atoms with E-state index in [-0.39, 0.29) is 0 Å². The summed E-state index contributed by atoms with van der Waals surface area (Å²) in [6.45, 7) is 11.8. The molecule has 0 saturated heterocycles. The van der Waals surface area contributed by atoms with Crippen molar-refractivity contribution in [1.82, 2.24) is 3.86 Å². The molecule has 0 aliphatic rings. The summed E-state index contributed by atoms with van der Waals surface area (Å²) in [6.07, 6.45) is 0. The number of hydrogen-bond acceptors (Lipinski definition) is 1. The van der Waals surface area contributed by atoms with Crippen molar-refractivity contribution in [3.63, 3.8) is 0 Å². The van der Waals surface area contributed by atoms with E-state index < -0.39 is 14.6 Å². The minimum atomic E-state index is -0.731. The number of hydrogen-bond donors (Lipinski definition) is 0. The zero-order chi connectivity index (χ0) is 7.98. The van der Waals surface area contributed by atoms with Crippen molar-refractivity contribution in [3.8, 4) is 0 Å². The van der Waals surface area contributed by atoms with Gasteiger partial charge in [-0.2, -0.15) is 0 Å². The van der Waals surface area contributed by atoms with Gasteiger partial charge in [0.1, 0.15) is 0 Å². The van der Waals surface area contributed by atoms with E-state index in [9.17, 15) is 0 Å². The van der Waals surface area contributed by atoms with Gasteiger partial charge in [-0.15, -0.1) is 0 Å². The third kappa shape index (κ3) is 3.06. The fourth-order valence-corrected chi connectivity index (χ4v) is 6.17. The monoisotopic (exact) mass is 204 g/mol. The molecule has 0 aromatic heterocycles. The van der Waals surface area contributed by atoms with Crippen LogP contribution >= 0.6 is 0 Å². The van der Waals surface area contributed by atoms with Crippen molar-refractivity contribution in [2.75, 3.05) is 13.1 Å².